The van der Waals surface area contributed by atoms with E-state index in [0.29, 0.717) is 0 Å². The molecule has 1 aromatic carbocycles. The third kappa shape index (κ3) is 3.42. The normalized spacial score (nSPS) is 10.3. The highest BCUT2D eigenvalue weighted by Crippen LogP contribution is 2.07. The number of methoxy groups -OCH3 is 1. The molecule has 1 aromatic rings. The van der Waals surface area contributed by atoms with Crippen LogP contribution in [0.5, 0.6) is 0 Å². The fourth-order valence-corrected chi connectivity index (χ4v) is 1.16. The summed E-state index contributed by atoms with van der Waals surface area (Å²) in [5, 5.41) is 3.66. The van der Waals surface area contributed by atoms with Crippen LogP contribution >= 0.6 is 0 Å². The molecule has 0 heterocycles. The molecule has 0 aliphatic rings. The molecule has 0 aliphatic carbocycles. The van der Waals surface area contributed by atoms with Crippen LogP contribution in [0.2, 0.25) is 0 Å². The molecule has 0 N–H and O–H groups in total. The number of carbonyl (C=O) groups excluding carboxylic acids is 1. The summed E-state index contributed by atoms with van der Waals surface area (Å²) in [5.41, 5.74) is 1.72. The second-order valence-corrected chi connectivity index (χ2v) is 2.87. The molecule has 0 spiro atoms. The summed E-state index contributed by atoms with van der Waals surface area (Å²) < 4.78 is 4.60. The molecular weight excluding hydrogens is 194 g/mol. The monoisotopic (exact) mass is 207 g/mol. The van der Waals surface area contributed by atoms with Crippen molar-refractivity contribution in [1.82, 2.24) is 0 Å². The van der Waals surface area contributed by atoms with E-state index in [1.165, 1.54) is 14.2 Å². The molecule has 4 heteroatoms. The first-order chi connectivity index (χ1) is 7.27. The number of ether oxygens (including phenoxy) is 1. The van der Waals surface area contributed by atoms with E-state index in [1.54, 1.807) is 6.21 Å². The van der Waals surface area contributed by atoms with Crippen molar-refractivity contribution in [2.45, 2.75) is 6.42 Å². The summed E-state index contributed by atoms with van der Waals surface area (Å²) in [6.07, 6.45) is 1.81. The molecule has 0 radical (unpaired) electrons. The minimum Gasteiger partial charge on any atom is -0.469 e. The van der Waals surface area contributed by atoms with E-state index in [1.807, 2.05) is 24.3 Å². The average Bonchev–Trinajstić information content (AvgIpc) is 2.28. The largest absolute Gasteiger partial charge is 0.469 e. The first-order valence-electron chi connectivity index (χ1n) is 4.49. The second-order valence-electron chi connectivity index (χ2n) is 2.87. The number of esters is 1. The third-order valence-corrected chi connectivity index (χ3v) is 1.91. The van der Waals surface area contributed by atoms with Crippen molar-refractivity contribution in [2.24, 2.45) is 5.16 Å². The van der Waals surface area contributed by atoms with Crippen molar-refractivity contribution in [3.05, 3.63) is 35.4 Å². The number of hydrogen-bond donors (Lipinski definition) is 0. The van der Waals surface area contributed by atoms with Gasteiger partial charge in [0.2, 0.25) is 0 Å². The van der Waals surface area contributed by atoms with Crippen molar-refractivity contribution in [3.63, 3.8) is 0 Å². The molecule has 80 valence electrons. The summed E-state index contributed by atoms with van der Waals surface area (Å²) in [6.45, 7) is 0. The van der Waals surface area contributed by atoms with Gasteiger partial charge in [-0.15, -0.1) is 0 Å². The van der Waals surface area contributed by atoms with Gasteiger partial charge in [-0.1, -0.05) is 29.4 Å². The zero-order valence-corrected chi connectivity index (χ0v) is 8.77. The van der Waals surface area contributed by atoms with Crippen LogP contribution in [-0.2, 0) is 20.8 Å². The maximum Gasteiger partial charge on any atom is 0.310 e. The Morgan fingerprint density at radius 3 is 2.80 bits per heavy atom. The van der Waals surface area contributed by atoms with Crippen molar-refractivity contribution >= 4 is 12.2 Å². The van der Waals surface area contributed by atoms with Crippen molar-refractivity contribution in [2.75, 3.05) is 14.2 Å². The molecule has 0 unspecified atom stereocenters. The van der Waals surface area contributed by atoms with E-state index in [2.05, 4.69) is 14.7 Å². The summed E-state index contributed by atoms with van der Waals surface area (Å²) >= 11 is 0. The van der Waals surface area contributed by atoms with Crippen molar-refractivity contribution < 1.29 is 14.4 Å². The lowest BCUT2D eigenvalue weighted by atomic mass is 10.1. The minimum absolute atomic E-state index is 0.238. The fourth-order valence-electron chi connectivity index (χ4n) is 1.16. The number of benzene rings is 1. The number of hydrogen-bond acceptors (Lipinski definition) is 4. The Kier molecular flexibility index (Phi) is 4.34. The van der Waals surface area contributed by atoms with Crippen LogP contribution in [0.1, 0.15) is 11.1 Å². The predicted molar refractivity (Wildman–Crippen MR) is 56.8 cm³/mol. The molecule has 0 amide bonds. The molecule has 15 heavy (non-hydrogen) atoms. The molecule has 0 aromatic heterocycles. The first kappa shape index (κ1) is 11.2. The Balaban J connectivity index is 2.86. The lowest BCUT2D eigenvalue weighted by molar-refractivity contribution is -0.139. The standard InChI is InChI=1S/C11H13NO3/c1-14-11(13)7-9-5-3-4-6-10(9)8-12-15-2/h3-6,8H,7H2,1-2H3/b12-8+. The SMILES string of the molecule is CO/N=C/c1ccccc1CC(=O)OC. The van der Waals surface area contributed by atoms with Crippen LogP contribution < -0.4 is 0 Å². The summed E-state index contributed by atoms with van der Waals surface area (Å²) in [6, 6.07) is 7.45. The van der Waals surface area contributed by atoms with Gasteiger partial charge in [0.1, 0.15) is 7.11 Å². The zero-order valence-electron chi connectivity index (χ0n) is 8.77. The third-order valence-electron chi connectivity index (χ3n) is 1.91. The van der Waals surface area contributed by atoms with Gasteiger partial charge < -0.3 is 9.57 Å². The quantitative estimate of drug-likeness (QED) is 0.426. The highest BCUT2D eigenvalue weighted by atomic mass is 16.6. The number of oxime groups is 1. The second kappa shape index (κ2) is 5.80. The van der Waals surface area contributed by atoms with Crippen LogP contribution in [0, 0.1) is 0 Å². The lowest BCUT2D eigenvalue weighted by Gasteiger charge is -2.03. The fraction of sp³-hybridized carbons (Fsp3) is 0.273. The first-order valence-corrected chi connectivity index (χ1v) is 4.49. The number of rotatable bonds is 4. The lowest BCUT2D eigenvalue weighted by Crippen LogP contribution is -2.06. The van der Waals surface area contributed by atoms with Crippen molar-refractivity contribution in [1.29, 1.82) is 0 Å². The highest BCUT2D eigenvalue weighted by molar-refractivity contribution is 5.84. The highest BCUT2D eigenvalue weighted by Gasteiger charge is 2.05. The molecule has 0 saturated heterocycles. The van der Waals surface area contributed by atoms with Gasteiger partial charge in [-0.3, -0.25) is 4.79 Å². The Labute approximate surface area is 88.5 Å². The van der Waals surface area contributed by atoms with E-state index in [-0.39, 0.29) is 12.4 Å². The van der Waals surface area contributed by atoms with Crippen LogP contribution in [0.3, 0.4) is 0 Å². The van der Waals surface area contributed by atoms with Gasteiger partial charge in [0, 0.05) is 0 Å². The number of nitrogens with zero attached hydrogens (tertiary/aromatic N) is 1. The predicted octanol–water partition coefficient (Wildman–Crippen LogP) is 1.38. The molecular formula is C11H13NO3. The van der Waals surface area contributed by atoms with Gasteiger partial charge in [-0.25, -0.2) is 0 Å². The van der Waals surface area contributed by atoms with Gasteiger partial charge in [0.05, 0.1) is 19.7 Å². The maximum absolute atomic E-state index is 11.1. The molecule has 0 fully saturated rings. The van der Waals surface area contributed by atoms with E-state index in [0.717, 1.165) is 11.1 Å². The van der Waals surface area contributed by atoms with Crippen LogP contribution in [0.25, 0.3) is 0 Å². The molecule has 0 atom stereocenters. The van der Waals surface area contributed by atoms with E-state index < -0.39 is 0 Å². The van der Waals surface area contributed by atoms with Gasteiger partial charge in [0.15, 0.2) is 0 Å². The summed E-state index contributed by atoms with van der Waals surface area (Å²) in [5.74, 6) is -0.270. The molecule has 1 rings (SSSR count). The van der Waals surface area contributed by atoms with Gasteiger partial charge in [-0.2, -0.15) is 0 Å². The Bertz CT molecular complexity index is 361. The Morgan fingerprint density at radius 1 is 1.40 bits per heavy atom. The topological polar surface area (TPSA) is 47.9 Å². The Hall–Kier alpha value is -1.84. The van der Waals surface area contributed by atoms with Gasteiger partial charge in [0.25, 0.3) is 0 Å². The van der Waals surface area contributed by atoms with Crippen LogP contribution in [0.4, 0.5) is 0 Å². The van der Waals surface area contributed by atoms with E-state index in [9.17, 15) is 4.79 Å². The molecule has 0 saturated carbocycles. The summed E-state index contributed by atoms with van der Waals surface area (Å²) in [4.78, 5) is 15.7. The minimum atomic E-state index is -0.270. The zero-order chi connectivity index (χ0) is 11.1. The smallest absolute Gasteiger partial charge is 0.310 e. The average molecular weight is 207 g/mol. The Morgan fingerprint density at radius 2 is 2.13 bits per heavy atom. The van der Waals surface area contributed by atoms with Crippen LogP contribution in [0.15, 0.2) is 29.4 Å². The number of carbonyl (C=O) groups is 1. The molecule has 0 bridgehead atoms. The van der Waals surface area contributed by atoms with Crippen molar-refractivity contribution in [3.8, 4) is 0 Å². The molecule has 0 aliphatic heterocycles. The molecule has 4 nitrogen and oxygen atoms in total. The van der Waals surface area contributed by atoms with Gasteiger partial charge >= 0.3 is 5.97 Å². The summed E-state index contributed by atoms with van der Waals surface area (Å²) in [7, 11) is 2.84. The van der Waals surface area contributed by atoms with E-state index in [4.69, 9.17) is 0 Å². The maximum atomic E-state index is 11.1. The van der Waals surface area contributed by atoms with E-state index >= 15 is 0 Å². The van der Waals surface area contributed by atoms with Crippen LogP contribution in [-0.4, -0.2) is 26.4 Å². The van der Waals surface area contributed by atoms with Gasteiger partial charge in [-0.05, 0) is 11.1 Å².